The molecule has 0 radical (unpaired) electrons. The second-order valence-corrected chi connectivity index (χ2v) is 8.46. The molecule has 2 rings (SSSR count). The van der Waals surface area contributed by atoms with Gasteiger partial charge in [-0.25, -0.2) is 13.2 Å². The van der Waals surface area contributed by atoms with Gasteiger partial charge in [0.1, 0.15) is 4.90 Å². The van der Waals surface area contributed by atoms with Crippen LogP contribution in [0.5, 0.6) is 0 Å². The zero-order chi connectivity index (χ0) is 21.8. The zero-order valence-electron chi connectivity index (χ0n) is 15.4. The third-order valence-corrected chi connectivity index (χ3v) is 5.37. The number of esters is 1. The molecule has 1 unspecified atom stereocenters. The maximum Gasteiger partial charge on any atom is 0.339 e. The van der Waals surface area contributed by atoms with E-state index in [0.717, 1.165) is 24.5 Å². The van der Waals surface area contributed by atoms with Crippen LogP contribution in [0.2, 0.25) is 5.02 Å². The van der Waals surface area contributed by atoms with Crippen molar-refractivity contribution in [2.75, 3.05) is 6.26 Å². The van der Waals surface area contributed by atoms with Gasteiger partial charge in [-0.3, -0.25) is 14.9 Å². The van der Waals surface area contributed by atoms with E-state index in [1.807, 2.05) is 0 Å². The van der Waals surface area contributed by atoms with Crippen LogP contribution in [-0.4, -0.2) is 37.6 Å². The minimum absolute atomic E-state index is 0.120. The van der Waals surface area contributed by atoms with E-state index in [0.29, 0.717) is 10.6 Å². The first-order valence-electron chi connectivity index (χ1n) is 8.21. The lowest BCUT2D eigenvalue weighted by Crippen LogP contribution is -2.35. The van der Waals surface area contributed by atoms with Crippen molar-refractivity contribution in [3.63, 3.8) is 0 Å². The molecule has 0 aliphatic carbocycles. The number of benzene rings is 2. The van der Waals surface area contributed by atoms with E-state index in [4.69, 9.17) is 16.3 Å². The minimum atomic E-state index is -3.86. The quantitative estimate of drug-likeness (QED) is 0.397. The Bertz CT molecular complexity index is 1070. The van der Waals surface area contributed by atoms with Crippen LogP contribution in [0.1, 0.15) is 22.8 Å². The number of sulfone groups is 1. The number of nitro groups is 1. The predicted molar refractivity (Wildman–Crippen MR) is 104 cm³/mol. The van der Waals surface area contributed by atoms with Crippen molar-refractivity contribution >= 4 is 39.0 Å². The summed E-state index contributed by atoms with van der Waals surface area (Å²) in [5.41, 5.74) is -0.333. The van der Waals surface area contributed by atoms with Crippen molar-refractivity contribution in [2.45, 2.75) is 24.5 Å². The maximum atomic E-state index is 12.2. The summed E-state index contributed by atoms with van der Waals surface area (Å²) in [5.74, 6) is -1.60. The summed E-state index contributed by atoms with van der Waals surface area (Å²) in [4.78, 5) is 34.1. The van der Waals surface area contributed by atoms with Gasteiger partial charge in [-0.05, 0) is 30.7 Å². The molecule has 2 aromatic carbocycles. The highest BCUT2D eigenvalue weighted by Crippen LogP contribution is 2.25. The number of carbonyl (C=O) groups excluding carboxylic acids is 2. The molecular weight excluding hydrogens is 424 g/mol. The molecule has 29 heavy (non-hydrogen) atoms. The number of amides is 1. The van der Waals surface area contributed by atoms with Crippen molar-refractivity contribution in [2.24, 2.45) is 0 Å². The van der Waals surface area contributed by atoms with Gasteiger partial charge in [-0.1, -0.05) is 29.8 Å². The van der Waals surface area contributed by atoms with Crippen molar-refractivity contribution < 1.29 is 27.7 Å². The fourth-order valence-electron chi connectivity index (χ4n) is 2.35. The summed E-state index contributed by atoms with van der Waals surface area (Å²) in [5, 5.41) is 14.2. The van der Waals surface area contributed by atoms with Crippen LogP contribution in [-0.2, 0) is 25.9 Å². The first kappa shape index (κ1) is 22.3. The van der Waals surface area contributed by atoms with Gasteiger partial charge in [0.15, 0.2) is 15.9 Å². The number of nitrogens with one attached hydrogen (secondary N) is 1. The number of rotatable bonds is 7. The zero-order valence-corrected chi connectivity index (χ0v) is 17.0. The normalized spacial score (nSPS) is 12.1. The Morgan fingerprint density at radius 2 is 1.90 bits per heavy atom. The molecule has 2 aromatic rings. The van der Waals surface area contributed by atoms with Crippen molar-refractivity contribution in [1.29, 1.82) is 0 Å². The number of halogens is 1. The van der Waals surface area contributed by atoms with Crippen LogP contribution >= 0.6 is 11.6 Å². The molecule has 1 amide bonds. The Balaban J connectivity index is 2.09. The molecule has 0 aliphatic heterocycles. The van der Waals surface area contributed by atoms with E-state index in [1.54, 1.807) is 24.3 Å². The van der Waals surface area contributed by atoms with E-state index in [-0.39, 0.29) is 12.1 Å². The Morgan fingerprint density at radius 1 is 1.24 bits per heavy atom. The lowest BCUT2D eigenvalue weighted by atomic mass is 10.2. The summed E-state index contributed by atoms with van der Waals surface area (Å²) >= 11 is 6.00. The number of nitrogens with zero attached hydrogens (tertiary/aromatic N) is 1. The van der Waals surface area contributed by atoms with E-state index >= 15 is 0 Å². The average Bonchev–Trinajstić information content (AvgIpc) is 2.65. The van der Waals surface area contributed by atoms with Crippen LogP contribution < -0.4 is 5.32 Å². The number of carbonyl (C=O) groups is 2. The third-order valence-electron chi connectivity index (χ3n) is 3.85. The predicted octanol–water partition coefficient (Wildman–Crippen LogP) is 2.51. The second-order valence-electron chi connectivity index (χ2n) is 6.07. The van der Waals surface area contributed by atoms with Gasteiger partial charge < -0.3 is 10.1 Å². The van der Waals surface area contributed by atoms with Crippen LogP contribution in [0.25, 0.3) is 0 Å². The smallest absolute Gasteiger partial charge is 0.339 e. The molecule has 0 aromatic heterocycles. The molecule has 0 saturated carbocycles. The van der Waals surface area contributed by atoms with Crippen LogP contribution in [0.15, 0.2) is 47.4 Å². The first-order valence-corrected chi connectivity index (χ1v) is 10.5. The lowest BCUT2D eigenvalue weighted by Gasteiger charge is -2.14. The maximum absolute atomic E-state index is 12.2. The van der Waals surface area contributed by atoms with Gasteiger partial charge in [0.05, 0.1) is 10.5 Å². The van der Waals surface area contributed by atoms with E-state index in [1.165, 1.54) is 6.92 Å². The minimum Gasteiger partial charge on any atom is -0.449 e. The largest absolute Gasteiger partial charge is 0.449 e. The number of hydrogen-bond donors (Lipinski definition) is 1. The first-order chi connectivity index (χ1) is 13.5. The van der Waals surface area contributed by atoms with Gasteiger partial charge >= 0.3 is 5.97 Å². The standard InChI is InChI=1S/C18H17ClN2O7S/c1-11(17(22)20-10-13-5-3-4-6-14(13)19)28-18(23)12-7-8-16(29(2,26)27)15(9-12)21(24)25/h3-9,11H,10H2,1-2H3,(H,20,22). The van der Waals surface area contributed by atoms with Crippen LogP contribution in [0.3, 0.4) is 0 Å². The monoisotopic (exact) mass is 440 g/mol. The Morgan fingerprint density at radius 3 is 2.48 bits per heavy atom. The van der Waals surface area contributed by atoms with Crippen molar-refractivity contribution in [3.8, 4) is 0 Å². The van der Waals surface area contributed by atoms with Gasteiger partial charge in [0, 0.05) is 23.9 Å². The van der Waals surface area contributed by atoms with Gasteiger partial charge in [0.2, 0.25) is 0 Å². The highest BCUT2D eigenvalue weighted by molar-refractivity contribution is 7.90. The highest BCUT2D eigenvalue weighted by atomic mass is 35.5. The summed E-state index contributed by atoms with van der Waals surface area (Å²) in [6.45, 7) is 1.45. The number of nitro benzene ring substituents is 1. The number of ether oxygens (including phenoxy) is 1. The van der Waals surface area contributed by atoms with Crippen molar-refractivity contribution in [3.05, 3.63) is 68.7 Å². The molecule has 1 N–H and O–H groups in total. The lowest BCUT2D eigenvalue weighted by molar-refractivity contribution is -0.387. The summed E-state index contributed by atoms with van der Waals surface area (Å²) in [6.07, 6.45) is -0.378. The van der Waals surface area contributed by atoms with E-state index < -0.39 is 43.3 Å². The second kappa shape index (κ2) is 9.01. The molecule has 0 saturated heterocycles. The molecule has 9 nitrogen and oxygen atoms in total. The Kier molecular flexibility index (Phi) is 6.93. The third kappa shape index (κ3) is 5.75. The summed E-state index contributed by atoms with van der Waals surface area (Å²) < 4.78 is 28.3. The van der Waals surface area contributed by atoms with E-state index in [2.05, 4.69) is 5.32 Å². The molecule has 0 spiro atoms. The molecule has 1 atom stereocenters. The van der Waals surface area contributed by atoms with Crippen LogP contribution in [0, 0.1) is 10.1 Å². The fourth-order valence-corrected chi connectivity index (χ4v) is 3.38. The van der Waals surface area contributed by atoms with Gasteiger partial charge in [-0.15, -0.1) is 0 Å². The molecule has 154 valence electrons. The molecular formula is C18H17ClN2O7S. The molecule has 0 fully saturated rings. The Labute approximate surface area is 171 Å². The van der Waals surface area contributed by atoms with Crippen molar-refractivity contribution in [1.82, 2.24) is 5.32 Å². The summed E-state index contributed by atoms with van der Waals surface area (Å²) in [7, 11) is -3.86. The highest BCUT2D eigenvalue weighted by Gasteiger charge is 2.26. The Hall–Kier alpha value is -2.98. The van der Waals surface area contributed by atoms with Gasteiger partial charge in [-0.2, -0.15) is 0 Å². The fraction of sp³-hybridized carbons (Fsp3) is 0.222. The van der Waals surface area contributed by atoms with Gasteiger partial charge in [0.25, 0.3) is 11.6 Å². The summed E-state index contributed by atoms with van der Waals surface area (Å²) in [6, 6.07) is 9.72. The molecule has 0 aliphatic rings. The topological polar surface area (TPSA) is 133 Å². The SMILES string of the molecule is CC(OC(=O)c1ccc(S(C)(=O)=O)c([N+](=O)[O-])c1)C(=O)NCc1ccccc1Cl. The molecule has 11 heteroatoms. The van der Waals surface area contributed by atoms with Crippen LogP contribution in [0.4, 0.5) is 5.69 Å². The average molecular weight is 441 g/mol. The number of hydrogen-bond acceptors (Lipinski definition) is 7. The molecule has 0 bridgehead atoms. The van der Waals surface area contributed by atoms with E-state index in [9.17, 15) is 28.1 Å². The molecule has 0 heterocycles.